The first-order chi connectivity index (χ1) is 8.56. The maximum atomic E-state index is 10.9. The van der Waals surface area contributed by atoms with E-state index in [9.17, 15) is 4.79 Å². The largest absolute Gasteiger partial charge is 0.478 e. The van der Waals surface area contributed by atoms with Gasteiger partial charge in [-0.1, -0.05) is 6.42 Å². The fraction of sp³-hybridized carbons (Fsp3) is 0.538. The van der Waals surface area contributed by atoms with Crippen molar-refractivity contribution in [1.29, 1.82) is 0 Å². The number of nitrogens with one attached hydrogen (secondary N) is 1. The molecule has 2 rings (SSSR count). The molecule has 0 spiro atoms. The van der Waals surface area contributed by atoms with Crippen LogP contribution < -0.4 is 5.32 Å². The Morgan fingerprint density at radius 2 is 2.28 bits per heavy atom. The first kappa shape index (κ1) is 13.2. The van der Waals surface area contributed by atoms with E-state index < -0.39 is 5.97 Å². The van der Waals surface area contributed by atoms with Crippen LogP contribution in [0.3, 0.4) is 0 Å². The lowest BCUT2D eigenvalue weighted by molar-refractivity contribution is 0.0695. The van der Waals surface area contributed by atoms with Crippen LogP contribution in [0.2, 0.25) is 0 Å². The van der Waals surface area contributed by atoms with Gasteiger partial charge in [-0.2, -0.15) is 11.8 Å². The molecule has 5 heteroatoms. The molecule has 0 aliphatic heterocycles. The number of rotatable bonds is 5. The number of carboxylic acids is 1. The maximum absolute atomic E-state index is 10.9. The van der Waals surface area contributed by atoms with Crippen molar-refractivity contribution in [2.45, 2.75) is 30.9 Å². The van der Waals surface area contributed by atoms with Gasteiger partial charge in [0.25, 0.3) is 0 Å². The average Bonchev–Trinajstić information content (AvgIpc) is 2.27. The first-order valence-electron chi connectivity index (χ1n) is 6.06. The summed E-state index contributed by atoms with van der Waals surface area (Å²) >= 11 is 1.91. The molecule has 1 heterocycles. The van der Waals surface area contributed by atoms with Gasteiger partial charge in [-0.25, -0.2) is 9.78 Å². The van der Waals surface area contributed by atoms with Crippen LogP contribution in [0.5, 0.6) is 0 Å². The summed E-state index contributed by atoms with van der Waals surface area (Å²) in [5, 5.41) is 12.3. The van der Waals surface area contributed by atoms with E-state index in [1.165, 1.54) is 19.3 Å². The van der Waals surface area contributed by atoms with Crippen molar-refractivity contribution in [2.75, 3.05) is 18.1 Å². The molecule has 2 N–H and O–H groups in total. The van der Waals surface area contributed by atoms with Crippen molar-refractivity contribution < 1.29 is 9.90 Å². The van der Waals surface area contributed by atoms with Crippen LogP contribution in [0.1, 0.15) is 35.3 Å². The van der Waals surface area contributed by atoms with E-state index in [1.54, 1.807) is 19.1 Å². The van der Waals surface area contributed by atoms with Gasteiger partial charge in [0.2, 0.25) is 0 Å². The maximum Gasteiger partial charge on any atom is 0.337 e. The van der Waals surface area contributed by atoms with Gasteiger partial charge in [0.15, 0.2) is 0 Å². The zero-order valence-corrected chi connectivity index (χ0v) is 11.5. The minimum Gasteiger partial charge on any atom is -0.478 e. The van der Waals surface area contributed by atoms with Gasteiger partial charge in [0, 0.05) is 11.3 Å². The monoisotopic (exact) mass is 266 g/mol. The summed E-state index contributed by atoms with van der Waals surface area (Å²) in [4.78, 5) is 15.2. The van der Waals surface area contributed by atoms with Crippen molar-refractivity contribution in [3.05, 3.63) is 23.4 Å². The van der Waals surface area contributed by atoms with Gasteiger partial charge in [0.1, 0.15) is 5.82 Å². The predicted octanol–water partition coefficient (Wildman–Crippen LogP) is 2.79. The Morgan fingerprint density at radius 3 is 2.72 bits per heavy atom. The van der Waals surface area contributed by atoms with Crippen LogP contribution in [0.4, 0.5) is 5.82 Å². The summed E-state index contributed by atoms with van der Waals surface area (Å²) in [5.74, 6) is -0.163. The van der Waals surface area contributed by atoms with Gasteiger partial charge < -0.3 is 10.4 Å². The highest BCUT2D eigenvalue weighted by molar-refractivity contribution is 8.00. The molecule has 0 bridgehead atoms. The number of thioether (sulfide) groups is 1. The molecule has 0 amide bonds. The molecule has 0 radical (unpaired) electrons. The lowest BCUT2D eigenvalue weighted by Gasteiger charge is -2.40. The molecule has 1 aromatic heterocycles. The van der Waals surface area contributed by atoms with E-state index in [2.05, 4.69) is 16.6 Å². The standard InChI is InChI=1S/C13H18N2O2S/c1-9-10(12(16)17)4-5-11(15-9)14-8-13(18-2)6-3-7-13/h4-5H,3,6-8H2,1-2H3,(H,14,15)(H,16,17). The Kier molecular flexibility index (Phi) is 3.80. The molecule has 1 fully saturated rings. The highest BCUT2D eigenvalue weighted by Crippen LogP contribution is 2.42. The second-order valence-electron chi connectivity index (χ2n) is 4.73. The molecule has 4 nitrogen and oxygen atoms in total. The third-order valence-electron chi connectivity index (χ3n) is 3.61. The molecule has 1 saturated carbocycles. The number of hydrogen-bond acceptors (Lipinski definition) is 4. The molecule has 18 heavy (non-hydrogen) atoms. The number of anilines is 1. The third-order valence-corrected chi connectivity index (χ3v) is 5.02. The van der Waals surface area contributed by atoms with Crippen LogP contribution in [-0.4, -0.2) is 33.6 Å². The number of aromatic nitrogens is 1. The van der Waals surface area contributed by atoms with Gasteiger partial charge in [-0.05, 0) is 38.2 Å². The first-order valence-corrected chi connectivity index (χ1v) is 7.29. The molecule has 1 aliphatic rings. The Balaban J connectivity index is 2.02. The van der Waals surface area contributed by atoms with Crippen molar-refractivity contribution >= 4 is 23.5 Å². The van der Waals surface area contributed by atoms with E-state index >= 15 is 0 Å². The Hall–Kier alpha value is -1.23. The van der Waals surface area contributed by atoms with Crippen molar-refractivity contribution in [3.63, 3.8) is 0 Å². The zero-order valence-electron chi connectivity index (χ0n) is 10.7. The van der Waals surface area contributed by atoms with Crippen molar-refractivity contribution in [2.24, 2.45) is 0 Å². The van der Waals surface area contributed by atoms with Crippen molar-refractivity contribution in [1.82, 2.24) is 4.98 Å². The van der Waals surface area contributed by atoms with Crippen molar-refractivity contribution in [3.8, 4) is 0 Å². The molecular weight excluding hydrogens is 248 g/mol. The second-order valence-corrected chi connectivity index (χ2v) is 6.00. The number of pyridine rings is 1. The van der Waals surface area contributed by atoms with Crippen LogP contribution in [-0.2, 0) is 0 Å². The van der Waals surface area contributed by atoms with Crippen LogP contribution in [0, 0.1) is 6.92 Å². The summed E-state index contributed by atoms with van der Waals surface area (Å²) in [6.45, 7) is 2.62. The van der Waals surface area contributed by atoms with E-state index in [4.69, 9.17) is 5.11 Å². The molecule has 0 saturated heterocycles. The second kappa shape index (κ2) is 5.18. The SMILES string of the molecule is CSC1(CNc2ccc(C(=O)O)c(C)n2)CCC1. The summed E-state index contributed by atoms with van der Waals surface area (Å²) in [7, 11) is 0. The molecule has 0 unspecified atom stereocenters. The van der Waals surface area contributed by atoms with E-state index in [0.29, 0.717) is 10.4 Å². The average molecular weight is 266 g/mol. The predicted molar refractivity (Wildman–Crippen MR) is 74.5 cm³/mol. The number of aryl methyl sites for hydroxylation is 1. The number of aromatic carboxylic acids is 1. The summed E-state index contributed by atoms with van der Waals surface area (Å²) < 4.78 is 0.348. The number of carboxylic acid groups (broad SMARTS) is 1. The smallest absolute Gasteiger partial charge is 0.337 e. The summed E-state index contributed by atoms with van der Waals surface area (Å²) in [6, 6.07) is 3.35. The minimum absolute atomic E-state index is 0.267. The van der Waals surface area contributed by atoms with Crippen LogP contribution in [0.15, 0.2) is 12.1 Å². The van der Waals surface area contributed by atoms with E-state index in [-0.39, 0.29) is 5.56 Å². The summed E-state index contributed by atoms with van der Waals surface area (Å²) in [5.41, 5.74) is 0.822. The van der Waals surface area contributed by atoms with Crippen LogP contribution in [0.25, 0.3) is 0 Å². The minimum atomic E-state index is -0.925. The molecule has 1 aromatic rings. The number of carbonyl (C=O) groups is 1. The fourth-order valence-corrected chi connectivity index (χ4v) is 3.07. The quantitative estimate of drug-likeness (QED) is 0.858. The Morgan fingerprint density at radius 1 is 1.56 bits per heavy atom. The Labute approximate surface area is 111 Å². The van der Waals surface area contributed by atoms with Gasteiger partial charge in [-0.15, -0.1) is 0 Å². The third kappa shape index (κ3) is 2.61. The summed E-state index contributed by atoms with van der Waals surface area (Å²) in [6.07, 6.45) is 5.93. The molecule has 0 aromatic carbocycles. The van der Waals surface area contributed by atoms with Gasteiger partial charge in [-0.3, -0.25) is 0 Å². The molecule has 98 valence electrons. The number of hydrogen-bond donors (Lipinski definition) is 2. The number of nitrogens with zero attached hydrogens (tertiary/aromatic N) is 1. The molecule has 0 atom stereocenters. The Bertz CT molecular complexity index is 453. The highest BCUT2D eigenvalue weighted by atomic mass is 32.2. The van der Waals surface area contributed by atoms with Gasteiger partial charge >= 0.3 is 5.97 Å². The van der Waals surface area contributed by atoms with E-state index in [0.717, 1.165) is 12.4 Å². The molecular formula is C13H18N2O2S. The van der Waals surface area contributed by atoms with Gasteiger partial charge in [0.05, 0.1) is 11.3 Å². The lowest BCUT2D eigenvalue weighted by atomic mass is 9.84. The fourth-order valence-electron chi connectivity index (χ4n) is 2.16. The van der Waals surface area contributed by atoms with Crippen LogP contribution >= 0.6 is 11.8 Å². The molecule has 1 aliphatic carbocycles. The van der Waals surface area contributed by atoms with E-state index in [1.807, 2.05) is 11.8 Å². The zero-order chi connectivity index (χ0) is 13.2. The topological polar surface area (TPSA) is 62.2 Å². The normalized spacial score (nSPS) is 17.0. The highest BCUT2D eigenvalue weighted by Gasteiger charge is 2.35. The lowest BCUT2D eigenvalue weighted by Crippen LogP contribution is -2.40.